The third kappa shape index (κ3) is 5.68. The topological polar surface area (TPSA) is 69.7 Å². The number of carbonyl (C=O) groups excluding carboxylic acids is 3. The lowest BCUT2D eigenvalue weighted by Gasteiger charge is -2.30. The van der Waals surface area contributed by atoms with E-state index in [2.05, 4.69) is 5.32 Å². The first-order valence-electron chi connectivity index (χ1n) is 10.2. The molecule has 0 unspecified atom stereocenters. The van der Waals surface area contributed by atoms with Crippen molar-refractivity contribution in [2.24, 2.45) is 5.92 Å². The van der Waals surface area contributed by atoms with Gasteiger partial charge in [-0.15, -0.1) is 0 Å². The summed E-state index contributed by atoms with van der Waals surface area (Å²) in [7, 11) is 0. The summed E-state index contributed by atoms with van der Waals surface area (Å²) in [6.45, 7) is 3.26. The summed E-state index contributed by atoms with van der Waals surface area (Å²) in [5, 5.41) is 2.89. The van der Waals surface area contributed by atoms with Gasteiger partial charge in [-0.2, -0.15) is 0 Å². The Kier molecular flexibility index (Phi) is 7.23. The van der Waals surface area contributed by atoms with Crippen LogP contribution < -0.4 is 5.32 Å². The van der Waals surface area contributed by atoms with E-state index in [-0.39, 0.29) is 23.6 Å². The minimum absolute atomic E-state index is 0.00106. The molecule has 2 fully saturated rings. The second-order valence-corrected chi connectivity index (χ2v) is 7.47. The number of benzene rings is 1. The normalized spacial score (nSPS) is 17.9. The Balaban J connectivity index is 1.36. The fourth-order valence-electron chi connectivity index (χ4n) is 3.76. The van der Waals surface area contributed by atoms with Crippen molar-refractivity contribution in [2.45, 2.75) is 32.1 Å². The molecular formula is C22H29N3O3. The van der Waals surface area contributed by atoms with Gasteiger partial charge >= 0.3 is 0 Å². The minimum Gasteiger partial charge on any atom is -0.355 e. The molecule has 6 heteroatoms. The third-order valence-corrected chi connectivity index (χ3v) is 5.49. The number of piperidine rings is 1. The number of likely N-dealkylation sites (tertiary alicyclic amines) is 2. The van der Waals surface area contributed by atoms with Crippen molar-refractivity contribution >= 4 is 23.8 Å². The number of hydrogen-bond donors (Lipinski definition) is 1. The van der Waals surface area contributed by atoms with Gasteiger partial charge in [-0.25, -0.2) is 0 Å². The molecule has 0 bridgehead atoms. The van der Waals surface area contributed by atoms with Crippen LogP contribution in [0.4, 0.5) is 0 Å². The van der Waals surface area contributed by atoms with E-state index in [1.54, 1.807) is 11.0 Å². The summed E-state index contributed by atoms with van der Waals surface area (Å²) >= 11 is 0. The van der Waals surface area contributed by atoms with E-state index in [1.807, 2.05) is 41.3 Å². The molecule has 0 atom stereocenters. The Hall–Kier alpha value is -2.63. The lowest BCUT2D eigenvalue weighted by atomic mass is 9.95. The van der Waals surface area contributed by atoms with Gasteiger partial charge in [0, 0.05) is 51.1 Å². The van der Waals surface area contributed by atoms with E-state index >= 15 is 0 Å². The molecule has 3 amide bonds. The molecule has 2 heterocycles. The molecule has 0 aliphatic carbocycles. The monoisotopic (exact) mass is 383 g/mol. The summed E-state index contributed by atoms with van der Waals surface area (Å²) in [5.41, 5.74) is 0.994. The molecule has 2 aliphatic heterocycles. The summed E-state index contributed by atoms with van der Waals surface area (Å²) in [6, 6.07) is 9.72. The van der Waals surface area contributed by atoms with Gasteiger partial charge in [0.1, 0.15) is 0 Å². The molecule has 0 spiro atoms. The first kappa shape index (κ1) is 20.1. The molecule has 1 N–H and O–H groups in total. The lowest BCUT2D eigenvalue weighted by molar-refractivity contribution is -0.133. The zero-order valence-corrected chi connectivity index (χ0v) is 16.3. The molecule has 1 aromatic carbocycles. The van der Waals surface area contributed by atoms with E-state index in [0.29, 0.717) is 38.9 Å². The molecule has 150 valence electrons. The molecule has 2 aliphatic rings. The average molecular weight is 383 g/mol. The zero-order chi connectivity index (χ0) is 19.8. The highest BCUT2D eigenvalue weighted by Crippen LogP contribution is 2.18. The fourth-order valence-corrected chi connectivity index (χ4v) is 3.76. The molecule has 0 aromatic heterocycles. The van der Waals surface area contributed by atoms with E-state index in [4.69, 9.17) is 0 Å². The van der Waals surface area contributed by atoms with E-state index in [0.717, 1.165) is 31.5 Å². The highest BCUT2D eigenvalue weighted by molar-refractivity contribution is 5.92. The second-order valence-electron chi connectivity index (χ2n) is 7.47. The van der Waals surface area contributed by atoms with Crippen molar-refractivity contribution in [3.05, 3.63) is 42.0 Å². The smallest absolute Gasteiger partial charge is 0.246 e. The first-order valence-corrected chi connectivity index (χ1v) is 10.2. The van der Waals surface area contributed by atoms with Crippen molar-refractivity contribution < 1.29 is 14.4 Å². The maximum Gasteiger partial charge on any atom is 0.246 e. The molecule has 28 heavy (non-hydrogen) atoms. The number of rotatable bonds is 6. The highest BCUT2D eigenvalue weighted by Gasteiger charge is 2.26. The molecule has 3 rings (SSSR count). The standard InChI is InChI=1S/C22H29N3O3/c26-20(9-8-18-6-2-1-3-7-18)25-16-11-19(12-17-25)22(28)23-13-10-21(27)24-14-4-5-15-24/h1-3,6-9,19H,4-5,10-17H2,(H,23,28)/b9-8+. The van der Waals surface area contributed by atoms with Crippen LogP contribution in [0.25, 0.3) is 6.08 Å². The molecule has 0 radical (unpaired) electrons. The van der Waals surface area contributed by atoms with E-state index in [9.17, 15) is 14.4 Å². The highest BCUT2D eigenvalue weighted by atomic mass is 16.2. The van der Waals surface area contributed by atoms with Crippen molar-refractivity contribution in [1.29, 1.82) is 0 Å². The number of nitrogens with zero attached hydrogens (tertiary/aromatic N) is 2. The summed E-state index contributed by atoms with van der Waals surface area (Å²) < 4.78 is 0. The number of amides is 3. The van der Waals surface area contributed by atoms with Gasteiger partial charge in [0.2, 0.25) is 17.7 Å². The largest absolute Gasteiger partial charge is 0.355 e. The van der Waals surface area contributed by atoms with Crippen LogP contribution >= 0.6 is 0 Å². The SMILES string of the molecule is O=C(NCCC(=O)N1CCCC1)C1CCN(C(=O)/C=C/c2ccccc2)CC1. The van der Waals surface area contributed by atoms with Crippen LogP contribution in [0.1, 0.15) is 37.7 Å². The van der Waals surface area contributed by atoms with Crippen molar-refractivity contribution in [2.75, 3.05) is 32.7 Å². The van der Waals surface area contributed by atoms with Crippen molar-refractivity contribution in [3.8, 4) is 0 Å². The van der Waals surface area contributed by atoms with Gasteiger partial charge < -0.3 is 15.1 Å². The van der Waals surface area contributed by atoms with Crippen LogP contribution in [0.15, 0.2) is 36.4 Å². The van der Waals surface area contributed by atoms with E-state index < -0.39 is 0 Å². The maximum absolute atomic E-state index is 12.3. The maximum atomic E-state index is 12.3. The Morgan fingerprint density at radius 2 is 1.64 bits per heavy atom. The Morgan fingerprint density at radius 1 is 0.964 bits per heavy atom. The molecule has 6 nitrogen and oxygen atoms in total. The van der Waals surface area contributed by atoms with Gasteiger partial charge in [-0.05, 0) is 37.3 Å². The zero-order valence-electron chi connectivity index (χ0n) is 16.3. The quantitative estimate of drug-likeness (QED) is 0.765. The Bertz CT molecular complexity index is 703. The predicted octanol–water partition coefficient (Wildman–Crippen LogP) is 2.07. The van der Waals surface area contributed by atoms with Crippen LogP contribution in [-0.2, 0) is 14.4 Å². The molecule has 0 saturated carbocycles. The molecule has 1 aromatic rings. The van der Waals surface area contributed by atoms with Crippen molar-refractivity contribution in [1.82, 2.24) is 15.1 Å². The van der Waals surface area contributed by atoms with E-state index in [1.165, 1.54) is 0 Å². The molecule has 2 saturated heterocycles. The lowest BCUT2D eigenvalue weighted by Crippen LogP contribution is -2.43. The fraction of sp³-hybridized carbons (Fsp3) is 0.500. The number of carbonyl (C=O) groups is 3. The molecular weight excluding hydrogens is 354 g/mol. The summed E-state index contributed by atoms with van der Waals surface area (Å²) in [5.74, 6) is 0.0348. The van der Waals surface area contributed by atoms with Gasteiger partial charge in [-0.1, -0.05) is 30.3 Å². The van der Waals surface area contributed by atoms with Crippen molar-refractivity contribution in [3.63, 3.8) is 0 Å². The van der Waals surface area contributed by atoms with Crippen LogP contribution in [0.2, 0.25) is 0 Å². The van der Waals surface area contributed by atoms with Crippen LogP contribution in [0.5, 0.6) is 0 Å². The Morgan fingerprint density at radius 3 is 2.32 bits per heavy atom. The van der Waals surface area contributed by atoms with Gasteiger partial charge in [0.05, 0.1) is 0 Å². The first-order chi connectivity index (χ1) is 13.6. The Labute approximate surface area is 166 Å². The van der Waals surface area contributed by atoms with Gasteiger partial charge in [0.15, 0.2) is 0 Å². The van der Waals surface area contributed by atoms with Gasteiger partial charge in [-0.3, -0.25) is 14.4 Å². The number of nitrogens with one attached hydrogen (secondary N) is 1. The van der Waals surface area contributed by atoms with Crippen LogP contribution in [0.3, 0.4) is 0 Å². The van der Waals surface area contributed by atoms with Crippen LogP contribution in [0, 0.1) is 5.92 Å². The second kappa shape index (κ2) is 10.1. The minimum atomic E-state index is -0.0796. The third-order valence-electron chi connectivity index (χ3n) is 5.49. The summed E-state index contributed by atoms with van der Waals surface area (Å²) in [4.78, 5) is 40.3. The predicted molar refractivity (Wildman–Crippen MR) is 108 cm³/mol. The average Bonchev–Trinajstić information content (AvgIpc) is 3.28. The van der Waals surface area contributed by atoms with Crippen LogP contribution in [-0.4, -0.2) is 60.2 Å². The number of hydrogen-bond acceptors (Lipinski definition) is 3. The van der Waals surface area contributed by atoms with Gasteiger partial charge in [0.25, 0.3) is 0 Å². The summed E-state index contributed by atoms with van der Waals surface area (Å²) in [6.07, 6.45) is 7.27.